The number of rotatable bonds is 4. The SMILES string of the molecule is C[C@@H](C(=O)Oc1ccc(C=O)cc1)N1C(=O)c2ccccc2C1=O. The molecule has 0 saturated carbocycles. The Labute approximate surface area is 137 Å². The van der Waals surface area contributed by atoms with Crippen molar-refractivity contribution in [3.8, 4) is 5.75 Å². The maximum Gasteiger partial charge on any atom is 0.334 e. The Balaban J connectivity index is 1.77. The van der Waals surface area contributed by atoms with E-state index in [1.54, 1.807) is 24.3 Å². The minimum atomic E-state index is -1.07. The summed E-state index contributed by atoms with van der Waals surface area (Å²) in [6.07, 6.45) is 0.674. The lowest BCUT2D eigenvalue weighted by Crippen LogP contribution is -2.44. The van der Waals surface area contributed by atoms with E-state index in [-0.39, 0.29) is 16.9 Å². The highest BCUT2D eigenvalue weighted by atomic mass is 16.5. The Bertz CT molecular complexity index is 806. The van der Waals surface area contributed by atoms with Crippen molar-refractivity contribution in [2.75, 3.05) is 0 Å². The van der Waals surface area contributed by atoms with Crippen molar-refractivity contribution in [2.24, 2.45) is 0 Å². The number of hydrogen-bond acceptors (Lipinski definition) is 5. The van der Waals surface area contributed by atoms with E-state index in [9.17, 15) is 19.2 Å². The zero-order valence-electron chi connectivity index (χ0n) is 12.8. The summed E-state index contributed by atoms with van der Waals surface area (Å²) in [5, 5.41) is 0. The maximum atomic E-state index is 12.3. The van der Waals surface area contributed by atoms with Crippen molar-refractivity contribution >= 4 is 24.1 Å². The number of nitrogens with zero attached hydrogens (tertiary/aromatic N) is 1. The standard InChI is InChI=1S/C18H13NO5/c1-11(18(23)24-13-8-6-12(10-20)7-9-13)19-16(21)14-4-2-3-5-15(14)17(19)22/h2-11H,1H3/t11-/m0/s1. The Kier molecular flexibility index (Phi) is 3.95. The minimum Gasteiger partial charge on any atom is -0.425 e. The van der Waals surface area contributed by atoms with Crippen LogP contribution in [0.1, 0.15) is 38.0 Å². The molecule has 0 saturated heterocycles. The van der Waals surface area contributed by atoms with E-state index in [1.807, 2.05) is 0 Å². The molecule has 2 aromatic carbocycles. The molecule has 1 aliphatic rings. The van der Waals surface area contributed by atoms with Gasteiger partial charge in [0.25, 0.3) is 11.8 Å². The Morgan fingerprint density at radius 1 is 1.00 bits per heavy atom. The summed E-state index contributed by atoms with van der Waals surface area (Å²) in [6.45, 7) is 1.43. The predicted octanol–water partition coefficient (Wildman–Crippen LogP) is 2.09. The fourth-order valence-electron chi connectivity index (χ4n) is 2.48. The van der Waals surface area contributed by atoms with Crippen LogP contribution in [0.25, 0.3) is 0 Å². The first kappa shape index (κ1) is 15.6. The minimum absolute atomic E-state index is 0.231. The van der Waals surface area contributed by atoms with Gasteiger partial charge in [-0.2, -0.15) is 0 Å². The fourth-order valence-corrected chi connectivity index (χ4v) is 2.48. The van der Waals surface area contributed by atoms with Crippen molar-refractivity contribution in [3.63, 3.8) is 0 Å². The van der Waals surface area contributed by atoms with E-state index < -0.39 is 23.8 Å². The summed E-state index contributed by atoms with van der Waals surface area (Å²) in [5.74, 6) is -1.54. The van der Waals surface area contributed by atoms with Crippen LogP contribution in [0.4, 0.5) is 0 Å². The molecule has 6 heteroatoms. The largest absolute Gasteiger partial charge is 0.425 e. The molecule has 1 atom stereocenters. The highest BCUT2D eigenvalue weighted by molar-refractivity contribution is 6.22. The Hall–Kier alpha value is -3.28. The van der Waals surface area contributed by atoms with Crippen LogP contribution in [0, 0.1) is 0 Å². The lowest BCUT2D eigenvalue weighted by atomic mass is 10.1. The van der Waals surface area contributed by atoms with E-state index in [4.69, 9.17) is 4.74 Å². The van der Waals surface area contributed by atoms with Gasteiger partial charge in [0.05, 0.1) is 11.1 Å². The third-order valence-corrected chi connectivity index (χ3v) is 3.79. The number of imide groups is 1. The van der Waals surface area contributed by atoms with Crippen molar-refractivity contribution in [1.82, 2.24) is 4.90 Å². The predicted molar refractivity (Wildman–Crippen MR) is 83.9 cm³/mol. The number of fused-ring (bicyclic) bond motifs is 1. The summed E-state index contributed by atoms with van der Waals surface area (Å²) in [5.41, 5.74) is 0.998. The van der Waals surface area contributed by atoms with E-state index in [0.717, 1.165) is 4.90 Å². The van der Waals surface area contributed by atoms with Gasteiger partial charge in [-0.05, 0) is 43.3 Å². The number of carbonyl (C=O) groups excluding carboxylic acids is 4. The average molecular weight is 323 g/mol. The second-order valence-corrected chi connectivity index (χ2v) is 5.31. The van der Waals surface area contributed by atoms with Crippen molar-refractivity contribution < 1.29 is 23.9 Å². The monoisotopic (exact) mass is 323 g/mol. The molecule has 0 bridgehead atoms. The molecule has 24 heavy (non-hydrogen) atoms. The first-order valence-corrected chi connectivity index (χ1v) is 7.27. The summed E-state index contributed by atoms with van der Waals surface area (Å²) in [4.78, 5) is 48.5. The normalized spacial score (nSPS) is 14.3. The quantitative estimate of drug-likeness (QED) is 0.372. The summed E-state index contributed by atoms with van der Waals surface area (Å²) in [7, 11) is 0. The molecule has 2 aromatic rings. The van der Waals surface area contributed by atoms with Gasteiger partial charge in [-0.3, -0.25) is 19.3 Å². The van der Waals surface area contributed by atoms with Gasteiger partial charge in [0.15, 0.2) is 0 Å². The van der Waals surface area contributed by atoms with Crippen molar-refractivity contribution in [1.29, 1.82) is 0 Å². The van der Waals surface area contributed by atoms with Gasteiger partial charge in [-0.25, -0.2) is 4.79 Å². The number of carbonyl (C=O) groups is 4. The molecule has 0 spiro atoms. The molecule has 6 nitrogen and oxygen atoms in total. The van der Waals surface area contributed by atoms with E-state index in [2.05, 4.69) is 0 Å². The second kappa shape index (κ2) is 6.08. The second-order valence-electron chi connectivity index (χ2n) is 5.31. The molecule has 2 amide bonds. The molecule has 0 unspecified atom stereocenters. The molecule has 120 valence electrons. The number of benzene rings is 2. The van der Waals surface area contributed by atoms with Crippen LogP contribution in [0.3, 0.4) is 0 Å². The zero-order chi connectivity index (χ0) is 17.3. The molecule has 1 heterocycles. The fraction of sp³-hybridized carbons (Fsp3) is 0.111. The highest BCUT2D eigenvalue weighted by Gasteiger charge is 2.41. The molecule has 0 fully saturated rings. The van der Waals surface area contributed by atoms with Gasteiger partial charge in [-0.15, -0.1) is 0 Å². The summed E-state index contributed by atoms with van der Waals surface area (Å²) in [6, 6.07) is 11.3. The molecule has 1 aliphatic heterocycles. The number of hydrogen-bond donors (Lipinski definition) is 0. The number of esters is 1. The molecular formula is C18H13NO5. The van der Waals surface area contributed by atoms with Crippen LogP contribution in [0.5, 0.6) is 5.75 Å². The first-order chi connectivity index (χ1) is 11.5. The smallest absolute Gasteiger partial charge is 0.334 e. The van der Waals surface area contributed by atoms with Crippen LogP contribution < -0.4 is 4.74 Å². The highest BCUT2D eigenvalue weighted by Crippen LogP contribution is 2.25. The maximum absolute atomic E-state index is 12.3. The van der Waals surface area contributed by atoms with Crippen LogP contribution in [0.2, 0.25) is 0 Å². The lowest BCUT2D eigenvalue weighted by Gasteiger charge is -2.20. The van der Waals surface area contributed by atoms with Gasteiger partial charge >= 0.3 is 5.97 Å². The Morgan fingerprint density at radius 2 is 1.54 bits per heavy atom. The van der Waals surface area contributed by atoms with E-state index in [1.165, 1.54) is 31.2 Å². The third-order valence-electron chi connectivity index (χ3n) is 3.79. The van der Waals surface area contributed by atoms with Gasteiger partial charge in [0.2, 0.25) is 0 Å². The number of aldehydes is 1. The molecule has 0 aromatic heterocycles. The van der Waals surface area contributed by atoms with Gasteiger partial charge in [-0.1, -0.05) is 12.1 Å². The van der Waals surface area contributed by atoms with Crippen LogP contribution >= 0.6 is 0 Å². The summed E-state index contributed by atoms with van der Waals surface area (Å²) < 4.78 is 5.18. The van der Waals surface area contributed by atoms with Gasteiger partial charge in [0.1, 0.15) is 18.1 Å². The molecule has 0 radical (unpaired) electrons. The zero-order valence-corrected chi connectivity index (χ0v) is 12.8. The average Bonchev–Trinajstić information content (AvgIpc) is 2.86. The summed E-state index contributed by atoms with van der Waals surface area (Å²) >= 11 is 0. The van der Waals surface area contributed by atoms with Crippen LogP contribution in [0.15, 0.2) is 48.5 Å². The number of ether oxygens (including phenoxy) is 1. The molecular weight excluding hydrogens is 310 g/mol. The third kappa shape index (κ3) is 2.58. The molecule has 0 N–H and O–H groups in total. The van der Waals surface area contributed by atoms with E-state index >= 15 is 0 Å². The van der Waals surface area contributed by atoms with Crippen LogP contribution in [-0.2, 0) is 4.79 Å². The van der Waals surface area contributed by atoms with E-state index in [0.29, 0.717) is 11.8 Å². The Morgan fingerprint density at radius 3 is 2.04 bits per heavy atom. The van der Waals surface area contributed by atoms with Gasteiger partial charge in [0, 0.05) is 5.56 Å². The van der Waals surface area contributed by atoms with Crippen molar-refractivity contribution in [3.05, 3.63) is 65.2 Å². The first-order valence-electron chi connectivity index (χ1n) is 7.27. The lowest BCUT2D eigenvalue weighted by molar-refractivity contribution is -0.138. The van der Waals surface area contributed by atoms with Gasteiger partial charge < -0.3 is 4.74 Å². The molecule has 0 aliphatic carbocycles. The topological polar surface area (TPSA) is 80.8 Å². The molecule has 3 rings (SSSR count). The number of amides is 2. The van der Waals surface area contributed by atoms with Crippen LogP contribution in [-0.4, -0.2) is 35.0 Å². The van der Waals surface area contributed by atoms with Crippen molar-refractivity contribution in [2.45, 2.75) is 13.0 Å².